The third-order valence-corrected chi connectivity index (χ3v) is 6.55. The molecular weight excluding hydrogens is 420 g/mol. The minimum atomic E-state index is -0.0678. The molecule has 0 spiro atoms. The first-order valence-corrected chi connectivity index (χ1v) is 11.7. The summed E-state index contributed by atoms with van der Waals surface area (Å²) >= 11 is 1.42. The van der Waals surface area contributed by atoms with Crippen LogP contribution in [0.5, 0.6) is 0 Å². The number of thiazole rings is 1. The van der Waals surface area contributed by atoms with Crippen LogP contribution in [0.15, 0.2) is 60.0 Å². The van der Waals surface area contributed by atoms with Crippen LogP contribution in [0.4, 0.5) is 10.8 Å². The van der Waals surface area contributed by atoms with E-state index in [0.717, 1.165) is 11.3 Å². The molecule has 2 aromatic carbocycles. The molecule has 4 rings (SSSR count). The van der Waals surface area contributed by atoms with Gasteiger partial charge < -0.3 is 15.1 Å². The van der Waals surface area contributed by atoms with Crippen LogP contribution in [0.25, 0.3) is 0 Å². The zero-order chi connectivity index (χ0) is 22.5. The molecule has 7 heteroatoms. The molecule has 0 bridgehead atoms. The number of likely N-dealkylation sites (tertiary alicyclic amines) is 1. The molecule has 32 heavy (non-hydrogen) atoms. The molecule has 0 aliphatic carbocycles. The molecule has 1 aliphatic heterocycles. The van der Waals surface area contributed by atoms with Crippen LogP contribution in [0, 0.1) is 12.8 Å². The highest BCUT2D eigenvalue weighted by Crippen LogP contribution is 2.25. The fourth-order valence-electron chi connectivity index (χ4n) is 3.93. The average molecular weight is 449 g/mol. The number of nitrogens with zero attached hydrogens (tertiary/aromatic N) is 3. The van der Waals surface area contributed by atoms with Crippen molar-refractivity contribution in [3.05, 3.63) is 76.8 Å². The highest BCUT2D eigenvalue weighted by Gasteiger charge is 2.30. The number of benzene rings is 2. The molecule has 1 aliphatic rings. The molecular formula is C25H28N4O2S. The molecule has 6 nitrogen and oxygen atoms in total. The molecule has 2 amide bonds. The summed E-state index contributed by atoms with van der Waals surface area (Å²) in [5, 5.41) is 5.74. The molecule has 1 aromatic heterocycles. The van der Waals surface area contributed by atoms with E-state index in [-0.39, 0.29) is 17.7 Å². The molecule has 1 saturated heterocycles. The number of aromatic nitrogens is 1. The zero-order valence-electron chi connectivity index (χ0n) is 18.5. The number of amides is 2. The van der Waals surface area contributed by atoms with Crippen molar-refractivity contribution >= 4 is 34.0 Å². The number of nitrogens with one attached hydrogen (secondary N) is 1. The summed E-state index contributed by atoms with van der Waals surface area (Å²) in [7, 11) is 1.85. The monoisotopic (exact) mass is 448 g/mol. The summed E-state index contributed by atoms with van der Waals surface area (Å²) in [5.74, 6) is 0.0444. The van der Waals surface area contributed by atoms with E-state index in [2.05, 4.69) is 10.3 Å². The van der Waals surface area contributed by atoms with Crippen molar-refractivity contribution in [2.24, 2.45) is 5.92 Å². The molecule has 3 aromatic rings. The molecule has 2 heterocycles. The Morgan fingerprint density at radius 1 is 1.09 bits per heavy atom. The third kappa shape index (κ3) is 5.34. The van der Waals surface area contributed by atoms with Crippen LogP contribution >= 0.6 is 11.3 Å². The fourth-order valence-corrected chi connectivity index (χ4v) is 4.63. The first-order valence-electron chi connectivity index (χ1n) is 10.9. The highest BCUT2D eigenvalue weighted by atomic mass is 32.1. The Bertz CT molecular complexity index is 1060. The van der Waals surface area contributed by atoms with Gasteiger partial charge in [-0.05, 0) is 37.5 Å². The van der Waals surface area contributed by atoms with Crippen molar-refractivity contribution in [2.75, 3.05) is 25.5 Å². The highest BCUT2D eigenvalue weighted by molar-refractivity contribution is 7.14. The van der Waals surface area contributed by atoms with E-state index in [9.17, 15) is 9.59 Å². The Kier molecular flexibility index (Phi) is 6.85. The maximum atomic E-state index is 12.9. The Hall–Kier alpha value is -3.19. The SMILES string of the molecule is Cc1ccc(Nc2nc(C(=O)N3CCC(C(=O)N(C)Cc4ccccc4)CC3)cs2)cc1. The summed E-state index contributed by atoms with van der Waals surface area (Å²) in [4.78, 5) is 33.8. The lowest BCUT2D eigenvalue weighted by molar-refractivity contribution is -0.136. The number of aryl methyl sites for hydroxylation is 1. The van der Waals surface area contributed by atoms with Crippen LogP contribution in [0.1, 0.15) is 34.5 Å². The van der Waals surface area contributed by atoms with Crippen LogP contribution in [0.2, 0.25) is 0 Å². The van der Waals surface area contributed by atoms with Crippen LogP contribution < -0.4 is 5.32 Å². The van der Waals surface area contributed by atoms with Gasteiger partial charge in [0, 0.05) is 43.7 Å². The fraction of sp³-hybridized carbons (Fsp3) is 0.320. The predicted molar refractivity (Wildman–Crippen MR) is 128 cm³/mol. The van der Waals surface area contributed by atoms with Gasteiger partial charge in [-0.1, -0.05) is 48.0 Å². The van der Waals surface area contributed by atoms with E-state index in [4.69, 9.17) is 0 Å². The van der Waals surface area contributed by atoms with E-state index in [1.807, 2.05) is 73.5 Å². The number of rotatable bonds is 6. The minimum Gasteiger partial charge on any atom is -0.341 e. The summed E-state index contributed by atoms with van der Waals surface area (Å²) in [6, 6.07) is 18.1. The first-order chi connectivity index (χ1) is 15.5. The normalized spacial score (nSPS) is 14.2. The number of anilines is 2. The Labute approximate surface area is 192 Å². The van der Waals surface area contributed by atoms with Gasteiger partial charge in [-0.3, -0.25) is 9.59 Å². The third-order valence-electron chi connectivity index (χ3n) is 5.80. The van der Waals surface area contributed by atoms with Gasteiger partial charge >= 0.3 is 0 Å². The van der Waals surface area contributed by atoms with Crippen LogP contribution in [-0.2, 0) is 11.3 Å². The largest absolute Gasteiger partial charge is 0.341 e. The lowest BCUT2D eigenvalue weighted by Crippen LogP contribution is -2.43. The van der Waals surface area contributed by atoms with Crippen LogP contribution in [-0.4, -0.2) is 46.7 Å². The lowest BCUT2D eigenvalue weighted by Gasteiger charge is -2.33. The molecule has 0 unspecified atom stereocenters. The Morgan fingerprint density at radius 2 is 1.78 bits per heavy atom. The van der Waals surface area contributed by atoms with E-state index < -0.39 is 0 Å². The second-order valence-electron chi connectivity index (χ2n) is 8.28. The van der Waals surface area contributed by atoms with Gasteiger partial charge in [0.15, 0.2) is 5.13 Å². The van der Waals surface area contributed by atoms with E-state index in [1.165, 1.54) is 16.9 Å². The maximum Gasteiger partial charge on any atom is 0.273 e. The molecule has 0 saturated carbocycles. The van der Waals surface area contributed by atoms with Gasteiger partial charge in [-0.25, -0.2) is 4.98 Å². The molecule has 1 N–H and O–H groups in total. The summed E-state index contributed by atoms with van der Waals surface area (Å²) in [6.07, 6.45) is 1.37. The number of carbonyl (C=O) groups is 2. The van der Waals surface area contributed by atoms with Gasteiger partial charge in [0.1, 0.15) is 5.69 Å². The summed E-state index contributed by atoms with van der Waals surface area (Å²) in [5.41, 5.74) is 3.71. The zero-order valence-corrected chi connectivity index (χ0v) is 19.3. The average Bonchev–Trinajstić information content (AvgIpc) is 3.29. The minimum absolute atomic E-state index is 0.0399. The van der Waals surface area contributed by atoms with E-state index in [0.29, 0.717) is 43.3 Å². The van der Waals surface area contributed by atoms with Crippen molar-refractivity contribution in [2.45, 2.75) is 26.3 Å². The second-order valence-corrected chi connectivity index (χ2v) is 9.13. The standard InChI is InChI=1S/C25H28N4O2S/c1-18-8-10-21(11-9-18)26-25-27-22(17-32-25)24(31)29-14-12-20(13-15-29)23(30)28(2)16-19-6-4-3-5-7-19/h3-11,17,20H,12-16H2,1-2H3,(H,26,27). The second kappa shape index (κ2) is 9.96. The van der Waals surface area contributed by atoms with Gasteiger partial charge in [-0.15, -0.1) is 11.3 Å². The molecule has 1 fully saturated rings. The van der Waals surface area contributed by atoms with Gasteiger partial charge in [-0.2, -0.15) is 0 Å². The predicted octanol–water partition coefficient (Wildman–Crippen LogP) is 4.71. The van der Waals surface area contributed by atoms with Gasteiger partial charge in [0.2, 0.25) is 5.91 Å². The summed E-state index contributed by atoms with van der Waals surface area (Å²) < 4.78 is 0. The van der Waals surface area contributed by atoms with Gasteiger partial charge in [0.05, 0.1) is 0 Å². The number of piperidine rings is 1. The van der Waals surface area contributed by atoms with Crippen molar-refractivity contribution in [1.82, 2.24) is 14.8 Å². The topological polar surface area (TPSA) is 65.5 Å². The lowest BCUT2D eigenvalue weighted by atomic mass is 9.95. The Morgan fingerprint density at radius 3 is 2.47 bits per heavy atom. The number of carbonyl (C=O) groups excluding carboxylic acids is 2. The number of hydrogen-bond donors (Lipinski definition) is 1. The first kappa shape index (κ1) is 22.0. The maximum absolute atomic E-state index is 12.9. The Balaban J connectivity index is 1.29. The summed E-state index contributed by atoms with van der Waals surface area (Å²) in [6.45, 7) is 3.80. The van der Waals surface area contributed by atoms with Crippen LogP contribution in [0.3, 0.4) is 0 Å². The molecule has 166 valence electrons. The van der Waals surface area contributed by atoms with E-state index in [1.54, 1.807) is 10.3 Å². The smallest absolute Gasteiger partial charge is 0.273 e. The van der Waals surface area contributed by atoms with Crippen molar-refractivity contribution in [3.63, 3.8) is 0 Å². The van der Waals surface area contributed by atoms with Crippen molar-refractivity contribution in [3.8, 4) is 0 Å². The molecule has 0 atom stereocenters. The van der Waals surface area contributed by atoms with E-state index >= 15 is 0 Å². The van der Waals surface area contributed by atoms with Crippen molar-refractivity contribution in [1.29, 1.82) is 0 Å². The van der Waals surface area contributed by atoms with Crippen molar-refractivity contribution < 1.29 is 9.59 Å². The van der Waals surface area contributed by atoms with Gasteiger partial charge in [0.25, 0.3) is 5.91 Å². The quantitative estimate of drug-likeness (QED) is 0.593. The molecule has 0 radical (unpaired) electrons. The number of hydrogen-bond acceptors (Lipinski definition) is 5.